The van der Waals surface area contributed by atoms with Crippen LogP contribution in [0.25, 0.3) is 0 Å². The second-order valence-electron chi connectivity index (χ2n) is 6.26. The molecule has 0 radical (unpaired) electrons. The van der Waals surface area contributed by atoms with Crippen molar-refractivity contribution in [3.63, 3.8) is 0 Å². The summed E-state index contributed by atoms with van der Waals surface area (Å²) in [6.45, 7) is 6.59. The van der Waals surface area contributed by atoms with E-state index in [1.807, 2.05) is 26.0 Å². The molecule has 24 heavy (non-hydrogen) atoms. The summed E-state index contributed by atoms with van der Waals surface area (Å²) in [4.78, 5) is 18.9. The highest BCUT2D eigenvalue weighted by Gasteiger charge is 2.14. The van der Waals surface area contributed by atoms with Crippen molar-refractivity contribution in [2.75, 3.05) is 24.5 Å². The minimum absolute atomic E-state index is 0.0748. The van der Waals surface area contributed by atoms with Crippen LogP contribution < -0.4 is 10.2 Å². The first-order valence-corrected chi connectivity index (χ1v) is 8.56. The minimum atomic E-state index is -0.0748. The number of rotatable bonds is 6. The number of amides is 1. The average molecular weight is 328 g/mol. The van der Waals surface area contributed by atoms with Crippen molar-refractivity contribution in [3.8, 4) is 0 Å². The Morgan fingerprint density at radius 1 is 1.29 bits per heavy atom. The standard InChI is InChI=1S/C18H24N4O2/c1-13-16(14(2)24-21-13)6-5-9-19-18(23)15-7-8-17(20-12-15)22-10-3-4-11-22/h7-8,12H,3-6,9-11H2,1-2H3,(H,19,23). The lowest BCUT2D eigenvalue weighted by Crippen LogP contribution is -2.25. The fourth-order valence-corrected chi connectivity index (χ4v) is 3.08. The molecule has 128 valence electrons. The molecular weight excluding hydrogens is 304 g/mol. The van der Waals surface area contributed by atoms with Gasteiger partial charge in [0.05, 0.1) is 11.3 Å². The average Bonchev–Trinajstić information content (AvgIpc) is 3.23. The highest BCUT2D eigenvalue weighted by Crippen LogP contribution is 2.17. The lowest BCUT2D eigenvalue weighted by Gasteiger charge is -2.16. The molecule has 0 saturated carbocycles. The molecule has 1 aliphatic heterocycles. The molecule has 0 atom stereocenters. The molecule has 1 saturated heterocycles. The molecule has 2 aromatic heterocycles. The first-order valence-electron chi connectivity index (χ1n) is 8.56. The minimum Gasteiger partial charge on any atom is -0.361 e. The third kappa shape index (κ3) is 3.75. The number of aryl methyl sites for hydroxylation is 2. The van der Waals surface area contributed by atoms with Crippen LogP contribution in [0.5, 0.6) is 0 Å². The van der Waals surface area contributed by atoms with Gasteiger partial charge >= 0.3 is 0 Å². The van der Waals surface area contributed by atoms with Crippen LogP contribution in [0.2, 0.25) is 0 Å². The first kappa shape index (κ1) is 16.5. The smallest absolute Gasteiger partial charge is 0.252 e. The van der Waals surface area contributed by atoms with Crippen molar-refractivity contribution in [3.05, 3.63) is 40.9 Å². The van der Waals surface area contributed by atoms with Crippen molar-refractivity contribution in [2.45, 2.75) is 39.5 Å². The van der Waals surface area contributed by atoms with Gasteiger partial charge in [-0.1, -0.05) is 5.16 Å². The molecule has 0 unspecified atom stereocenters. The normalized spacial score (nSPS) is 14.2. The first-order chi connectivity index (χ1) is 11.6. The van der Waals surface area contributed by atoms with E-state index in [-0.39, 0.29) is 5.91 Å². The van der Waals surface area contributed by atoms with Crippen molar-refractivity contribution in [1.29, 1.82) is 0 Å². The Morgan fingerprint density at radius 2 is 2.08 bits per heavy atom. The maximum atomic E-state index is 12.2. The Kier molecular flexibility index (Phi) is 5.13. The van der Waals surface area contributed by atoms with E-state index in [0.717, 1.165) is 48.8 Å². The fraction of sp³-hybridized carbons (Fsp3) is 0.500. The molecule has 2 aromatic rings. The molecule has 1 amide bonds. The van der Waals surface area contributed by atoms with Crippen LogP contribution in [0.1, 0.15) is 46.6 Å². The monoisotopic (exact) mass is 328 g/mol. The maximum absolute atomic E-state index is 12.2. The zero-order chi connectivity index (χ0) is 16.9. The van der Waals surface area contributed by atoms with Crippen LogP contribution in [0, 0.1) is 13.8 Å². The van der Waals surface area contributed by atoms with Crippen LogP contribution in [0.3, 0.4) is 0 Å². The van der Waals surface area contributed by atoms with Gasteiger partial charge in [-0.05, 0) is 51.7 Å². The summed E-state index contributed by atoms with van der Waals surface area (Å²) in [5, 5.41) is 6.89. The number of nitrogens with zero attached hydrogens (tertiary/aromatic N) is 3. The number of anilines is 1. The Balaban J connectivity index is 1.46. The summed E-state index contributed by atoms with van der Waals surface area (Å²) < 4.78 is 5.15. The van der Waals surface area contributed by atoms with Crippen molar-refractivity contribution in [1.82, 2.24) is 15.5 Å². The van der Waals surface area contributed by atoms with Gasteiger partial charge in [-0.3, -0.25) is 4.79 Å². The van der Waals surface area contributed by atoms with Gasteiger partial charge in [0.25, 0.3) is 5.91 Å². The molecule has 6 nitrogen and oxygen atoms in total. The summed E-state index contributed by atoms with van der Waals surface area (Å²) in [6, 6.07) is 3.79. The molecule has 1 fully saturated rings. The van der Waals surface area contributed by atoms with Crippen molar-refractivity contribution >= 4 is 11.7 Å². The van der Waals surface area contributed by atoms with Crippen molar-refractivity contribution in [2.24, 2.45) is 0 Å². The molecule has 1 N–H and O–H groups in total. The zero-order valence-corrected chi connectivity index (χ0v) is 14.3. The number of hydrogen-bond donors (Lipinski definition) is 1. The number of carbonyl (C=O) groups is 1. The van der Waals surface area contributed by atoms with E-state index in [2.05, 4.69) is 20.4 Å². The molecular formula is C18H24N4O2. The van der Waals surface area contributed by atoms with Gasteiger partial charge in [0.1, 0.15) is 11.6 Å². The molecule has 3 heterocycles. The van der Waals surface area contributed by atoms with E-state index in [1.165, 1.54) is 12.8 Å². The maximum Gasteiger partial charge on any atom is 0.252 e. The van der Waals surface area contributed by atoms with Crippen LogP contribution in [0.4, 0.5) is 5.82 Å². The quantitative estimate of drug-likeness (QED) is 0.826. The molecule has 0 spiro atoms. The summed E-state index contributed by atoms with van der Waals surface area (Å²) in [5.74, 6) is 1.75. The summed E-state index contributed by atoms with van der Waals surface area (Å²) in [7, 11) is 0. The number of aromatic nitrogens is 2. The van der Waals surface area contributed by atoms with Crippen LogP contribution in [-0.4, -0.2) is 35.7 Å². The van der Waals surface area contributed by atoms with Crippen LogP contribution >= 0.6 is 0 Å². The van der Waals surface area contributed by atoms with Gasteiger partial charge in [0, 0.05) is 31.4 Å². The SMILES string of the molecule is Cc1noc(C)c1CCCNC(=O)c1ccc(N2CCCC2)nc1. The largest absolute Gasteiger partial charge is 0.361 e. The Bertz CT molecular complexity index is 668. The summed E-state index contributed by atoms with van der Waals surface area (Å²) in [6.07, 6.45) is 5.81. The molecule has 3 rings (SSSR count). The van der Waals surface area contributed by atoms with E-state index >= 15 is 0 Å². The topological polar surface area (TPSA) is 71.3 Å². The molecule has 6 heteroatoms. The molecule has 0 aliphatic carbocycles. The van der Waals surface area contributed by atoms with E-state index in [9.17, 15) is 4.79 Å². The molecule has 1 aliphatic rings. The van der Waals surface area contributed by atoms with E-state index < -0.39 is 0 Å². The van der Waals surface area contributed by atoms with Crippen molar-refractivity contribution < 1.29 is 9.32 Å². The van der Waals surface area contributed by atoms with Gasteiger partial charge in [0.15, 0.2) is 0 Å². The lowest BCUT2D eigenvalue weighted by molar-refractivity contribution is 0.0953. The van der Waals surface area contributed by atoms with E-state index in [0.29, 0.717) is 12.1 Å². The number of nitrogens with one attached hydrogen (secondary N) is 1. The van der Waals surface area contributed by atoms with E-state index in [1.54, 1.807) is 6.20 Å². The number of pyridine rings is 1. The summed E-state index contributed by atoms with van der Waals surface area (Å²) >= 11 is 0. The highest BCUT2D eigenvalue weighted by atomic mass is 16.5. The third-order valence-electron chi connectivity index (χ3n) is 4.51. The second-order valence-corrected chi connectivity index (χ2v) is 6.26. The van der Waals surface area contributed by atoms with Crippen LogP contribution in [0.15, 0.2) is 22.9 Å². The second kappa shape index (κ2) is 7.47. The fourth-order valence-electron chi connectivity index (χ4n) is 3.08. The predicted octanol–water partition coefficient (Wildman–Crippen LogP) is 2.65. The zero-order valence-electron chi connectivity index (χ0n) is 14.3. The van der Waals surface area contributed by atoms with Gasteiger partial charge in [-0.15, -0.1) is 0 Å². The lowest BCUT2D eigenvalue weighted by atomic mass is 10.1. The van der Waals surface area contributed by atoms with Gasteiger partial charge in [-0.25, -0.2) is 4.98 Å². The van der Waals surface area contributed by atoms with Crippen LogP contribution in [-0.2, 0) is 6.42 Å². The summed E-state index contributed by atoms with van der Waals surface area (Å²) in [5.41, 5.74) is 2.68. The third-order valence-corrected chi connectivity index (χ3v) is 4.51. The predicted molar refractivity (Wildman–Crippen MR) is 92.3 cm³/mol. The highest BCUT2D eigenvalue weighted by molar-refractivity contribution is 5.94. The Hall–Kier alpha value is -2.37. The molecule has 0 aromatic carbocycles. The van der Waals surface area contributed by atoms with E-state index in [4.69, 9.17) is 4.52 Å². The van der Waals surface area contributed by atoms with Gasteiger partial charge in [-0.2, -0.15) is 0 Å². The number of carbonyl (C=O) groups excluding carboxylic acids is 1. The molecule has 0 bridgehead atoms. The Morgan fingerprint density at radius 3 is 2.71 bits per heavy atom. The number of hydrogen-bond acceptors (Lipinski definition) is 5. The Labute approximate surface area is 142 Å². The van der Waals surface area contributed by atoms with Gasteiger partial charge < -0.3 is 14.7 Å². The van der Waals surface area contributed by atoms with Gasteiger partial charge in [0.2, 0.25) is 0 Å².